The molecular formula is C4H10CaO3. The standard InChI is InChI=1S/C4H8O3.Ca.2H/c1-2-3-4(5)7-6;;;/h6H,2-3H2,1H3;;;/q;+2;2*-1. The zero-order valence-electron chi connectivity index (χ0n) is 6.89. The smallest absolute Gasteiger partial charge is 1.00 e. The van der Waals surface area contributed by atoms with Gasteiger partial charge in [0.2, 0.25) is 0 Å². The summed E-state index contributed by atoms with van der Waals surface area (Å²) in [4.78, 5) is 13.3. The van der Waals surface area contributed by atoms with Crippen LogP contribution in [-0.2, 0) is 9.68 Å². The third-order valence-electron chi connectivity index (χ3n) is 0.556. The van der Waals surface area contributed by atoms with Gasteiger partial charge in [-0.25, -0.2) is 4.79 Å². The van der Waals surface area contributed by atoms with Crippen LogP contribution in [0.3, 0.4) is 0 Å². The van der Waals surface area contributed by atoms with E-state index in [-0.39, 0.29) is 47.0 Å². The summed E-state index contributed by atoms with van der Waals surface area (Å²) in [6.45, 7) is 1.83. The minimum Gasteiger partial charge on any atom is -1.00 e. The summed E-state index contributed by atoms with van der Waals surface area (Å²) in [5.74, 6) is -0.567. The molecule has 0 unspecified atom stereocenters. The maximum atomic E-state index is 9.94. The largest absolute Gasteiger partial charge is 2.00 e. The molecular weight excluding hydrogens is 136 g/mol. The Kier molecular flexibility index (Phi) is 11.0. The van der Waals surface area contributed by atoms with Crippen LogP contribution >= 0.6 is 0 Å². The fraction of sp³-hybridized carbons (Fsp3) is 0.750. The number of carbonyl (C=O) groups is 1. The van der Waals surface area contributed by atoms with Gasteiger partial charge in [0.15, 0.2) is 0 Å². The molecule has 0 aliphatic rings. The van der Waals surface area contributed by atoms with Gasteiger partial charge in [0.05, 0.1) is 0 Å². The number of hydrogen-bond acceptors (Lipinski definition) is 3. The van der Waals surface area contributed by atoms with Gasteiger partial charge in [-0.2, -0.15) is 5.26 Å². The number of rotatable bonds is 2. The van der Waals surface area contributed by atoms with Gasteiger partial charge in [0, 0.05) is 6.42 Å². The molecule has 1 N–H and O–H groups in total. The second-order valence-electron chi connectivity index (χ2n) is 1.21. The molecule has 0 radical (unpaired) electrons. The van der Waals surface area contributed by atoms with E-state index >= 15 is 0 Å². The predicted octanol–water partition coefficient (Wildman–Crippen LogP) is 0.647. The first kappa shape index (κ1) is 11.5. The molecule has 3 nitrogen and oxygen atoms in total. The van der Waals surface area contributed by atoms with Crippen molar-refractivity contribution in [1.82, 2.24) is 0 Å². The Morgan fingerprint density at radius 3 is 2.50 bits per heavy atom. The van der Waals surface area contributed by atoms with Gasteiger partial charge in [0.1, 0.15) is 0 Å². The molecule has 0 fully saturated rings. The Hall–Kier alpha value is 0.690. The first-order chi connectivity index (χ1) is 3.31. The minimum absolute atomic E-state index is 0. The monoisotopic (exact) mass is 146 g/mol. The van der Waals surface area contributed by atoms with E-state index in [1.807, 2.05) is 6.92 Å². The van der Waals surface area contributed by atoms with Crippen LogP contribution in [0.15, 0.2) is 0 Å². The fourth-order valence-corrected chi connectivity index (χ4v) is 0.250. The van der Waals surface area contributed by atoms with Gasteiger partial charge in [-0.3, -0.25) is 0 Å². The van der Waals surface area contributed by atoms with Crippen molar-refractivity contribution >= 4 is 43.7 Å². The van der Waals surface area contributed by atoms with Gasteiger partial charge in [-0.15, -0.1) is 0 Å². The van der Waals surface area contributed by atoms with Gasteiger partial charge in [-0.1, -0.05) is 6.92 Å². The molecule has 0 aromatic carbocycles. The van der Waals surface area contributed by atoms with Crippen molar-refractivity contribution in [3.8, 4) is 0 Å². The van der Waals surface area contributed by atoms with Crippen LogP contribution in [0.25, 0.3) is 0 Å². The summed E-state index contributed by atoms with van der Waals surface area (Å²) < 4.78 is 0. The van der Waals surface area contributed by atoms with Crippen molar-refractivity contribution in [2.45, 2.75) is 19.8 Å². The Morgan fingerprint density at radius 1 is 1.88 bits per heavy atom. The Bertz CT molecular complexity index is 71.5. The summed E-state index contributed by atoms with van der Waals surface area (Å²) >= 11 is 0. The molecule has 0 atom stereocenters. The molecule has 0 amide bonds. The van der Waals surface area contributed by atoms with Crippen molar-refractivity contribution in [3.63, 3.8) is 0 Å². The molecule has 0 aromatic heterocycles. The van der Waals surface area contributed by atoms with E-state index in [2.05, 4.69) is 4.89 Å². The molecule has 0 aliphatic carbocycles. The van der Waals surface area contributed by atoms with Gasteiger partial charge >= 0.3 is 43.7 Å². The Morgan fingerprint density at radius 2 is 2.38 bits per heavy atom. The van der Waals surface area contributed by atoms with Crippen LogP contribution in [-0.4, -0.2) is 49.0 Å². The summed E-state index contributed by atoms with van der Waals surface area (Å²) in [6, 6.07) is 0. The van der Waals surface area contributed by atoms with Crippen molar-refractivity contribution in [3.05, 3.63) is 0 Å². The summed E-state index contributed by atoms with van der Waals surface area (Å²) in [5.41, 5.74) is 0. The maximum Gasteiger partial charge on any atom is 2.00 e. The van der Waals surface area contributed by atoms with E-state index < -0.39 is 5.97 Å². The Balaban J connectivity index is -0.0000000600. The normalized spacial score (nSPS) is 7.25. The number of carbonyl (C=O) groups excluding carboxylic acids is 1. The molecule has 0 bridgehead atoms. The Labute approximate surface area is 80.9 Å². The van der Waals surface area contributed by atoms with Crippen molar-refractivity contribution in [2.75, 3.05) is 0 Å². The molecule has 8 heavy (non-hydrogen) atoms. The predicted molar refractivity (Wildman–Crippen MR) is 31.6 cm³/mol. The van der Waals surface area contributed by atoms with Crippen LogP contribution < -0.4 is 0 Å². The third-order valence-corrected chi connectivity index (χ3v) is 0.556. The molecule has 46 valence electrons. The van der Waals surface area contributed by atoms with Gasteiger partial charge in [0.25, 0.3) is 0 Å². The van der Waals surface area contributed by atoms with E-state index in [0.29, 0.717) is 6.42 Å². The van der Waals surface area contributed by atoms with E-state index in [1.54, 1.807) is 0 Å². The summed E-state index contributed by atoms with van der Waals surface area (Å²) in [5, 5.41) is 7.62. The quantitative estimate of drug-likeness (QED) is 0.353. The maximum absolute atomic E-state index is 9.94. The van der Waals surface area contributed by atoms with Crippen LogP contribution in [0.1, 0.15) is 22.6 Å². The molecule has 0 heterocycles. The third kappa shape index (κ3) is 6.69. The van der Waals surface area contributed by atoms with E-state index in [1.165, 1.54) is 0 Å². The molecule has 0 spiro atoms. The van der Waals surface area contributed by atoms with Gasteiger partial charge in [-0.05, 0) is 6.42 Å². The van der Waals surface area contributed by atoms with Gasteiger partial charge < -0.3 is 7.74 Å². The summed E-state index contributed by atoms with van der Waals surface area (Å²) in [6.07, 6.45) is 0.996. The molecule has 4 heteroatoms. The first-order valence-electron chi connectivity index (χ1n) is 2.15. The fourth-order valence-electron chi connectivity index (χ4n) is 0.250. The second kappa shape index (κ2) is 7.69. The molecule has 0 aromatic rings. The topological polar surface area (TPSA) is 46.5 Å². The van der Waals surface area contributed by atoms with Crippen LogP contribution in [0.4, 0.5) is 0 Å². The molecule has 0 saturated carbocycles. The zero-order chi connectivity index (χ0) is 5.70. The van der Waals surface area contributed by atoms with Crippen LogP contribution in [0.5, 0.6) is 0 Å². The van der Waals surface area contributed by atoms with Crippen LogP contribution in [0, 0.1) is 0 Å². The zero-order valence-corrected chi connectivity index (χ0v) is 7.09. The molecule has 0 aliphatic heterocycles. The van der Waals surface area contributed by atoms with Crippen LogP contribution in [0.2, 0.25) is 0 Å². The minimum atomic E-state index is -0.567. The van der Waals surface area contributed by atoms with E-state index in [0.717, 1.165) is 0 Å². The van der Waals surface area contributed by atoms with Crippen molar-refractivity contribution < 1.29 is 17.8 Å². The molecule has 0 rings (SSSR count). The summed E-state index contributed by atoms with van der Waals surface area (Å²) in [7, 11) is 0. The van der Waals surface area contributed by atoms with Crippen molar-refractivity contribution in [2.24, 2.45) is 0 Å². The SMILES string of the molecule is CCCC(=O)OO.[Ca+2].[H-].[H-]. The number of hydrogen-bond donors (Lipinski definition) is 1. The average Bonchev–Trinajstić information content (AvgIpc) is 1.68. The van der Waals surface area contributed by atoms with E-state index in [9.17, 15) is 4.79 Å². The average molecular weight is 146 g/mol. The first-order valence-corrected chi connectivity index (χ1v) is 2.15. The van der Waals surface area contributed by atoms with Crippen molar-refractivity contribution in [1.29, 1.82) is 0 Å². The second-order valence-corrected chi connectivity index (χ2v) is 1.21. The van der Waals surface area contributed by atoms with E-state index in [4.69, 9.17) is 5.26 Å². The molecule has 0 saturated heterocycles.